The van der Waals surface area contributed by atoms with Gasteiger partial charge in [-0.3, -0.25) is 14.5 Å². The minimum absolute atomic E-state index is 0.0626. The third-order valence-corrected chi connectivity index (χ3v) is 8.12. The highest BCUT2D eigenvalue weighted by Crippen LogP contribution is 2.22. The summed E-state index contributed by atoms with van der Waals surface area (Å²) in [6.45, 7) is 2.61. The van der Waals surface area contributed by atoms with Crippen molar-refractivity contribution in [1.29, 1.82) is 0 Å². The van der Waals surface area contributed by atoms with Gasteiger partial charge in [-0.25, -0.2) is 13.4 Å². The van der Waals surface area contributed by atoms with Crippen molar-refractivity contribution < 1.29 is 18.0 Å². The van der Waals surface area contributed by atoms with E-state index < -0.39 is 15.9 Å². The number of halogens is 1. The monoisotopic (exact) mass is 466 g/mol. The van der Waals surface area contributed by atoms with Crippen LogP contribution in [-0.4, -0.2) is 72.5 Å². The number of likely N-dealkylation sites (tertiary alicyclic amines) is 1. The molecule has 31 heavy (non-hydrogen) atoms. The first-order chi connectivity index (χ1) is 14.8. The van der Waals surface area contributed by atoms with Crippen LogP contribution < -0.4 is 5.32 Å². The number of hydrogen-bond acceptors (Lipinski definition) is 6. The second-order valence-corrected chi connectivity index (χ2v) is 11.2. The summed E-state index contributed by atoms with van der Waals surface area (Å²) in [5.41, 5.74) is 1.52. The summed E-state index contributed by atoms with van der Waals surface area (Å²) in [6, 6.07) is 7.44. The average molecular weight is 467 g/mol. The van der Waals surface area contributed by atoms with Crippen LogP contribution in [0, 0.1) is 0 Å². The summed E-state index contributed by atoms with van der Waals surface area (Å²) in [4.78, 5) is 27.3. The van der Waals surface area contributed by atoms with E-state index in [0.29, 0.717) is 12.1 Å². The molecule has 8 nitrogen and oxygen atoms in total. The van der Waals surface area contributed by atoms with Gasteiger partial charge in [0.1, 0.15) is 5.71 Å². The maximum absolute atomic E-state index is 12.7. The maximum atomic E-state index is 12.7. The third kappa shape index (κ3) is 5.64. The quantitative estimate of drug-likeness (QED) is 0.710. The Balaban J connectivity index is 1.29. The zero-order valence-electron chi connectivity index (χ0n) is 17.3. The normalized spacial score (nSPS) is 24.8. The maximum Gasteiger partial charge on any atom is 0.267 e. The van der Waals surface area contributed by atoms with E-state index in [1.165, 1.54) is 10.6 Å². The van der Waals surface area contributed by atoms with E-state index in [-0.39, 0.29) is 42.2 Å². The van der Waals surface area contributed by atoms with Gasteiger partial charge in [0.15, 0.2) is 9.84 Å². The standard InChI is InChI=1S/C21H27ClN4O4S/c22-16-3-1-15(2-4-16)13-25-10-7-17(8-11-25)23-21(28)19-5-6-20(27)26(24-19)18-9-12-31(29,30)14-18/h1-4,17-18H,5-14H2,(H,23,28)/t18-/m0/s1. The smallest absolute Gasteiger partial charge is 0.267 e. The Bertz CT molecular complexity index is 972. The van der Waals surface area contributed by atoms with Crippen molar-refractivity contribution >= 4 is 39.0 Å². The number of hydrazone groups is 1. The molecule has 3 heterocycles. The molecule has 2 saturated heterocycles. The van der Waals surface area contributed by atoms with Crippen molar-refractivity contribution in [2.45, 2.75) is 50.7 Å². The van der Waals surface area contributed by atoms with Gasteiger partial charge < -0.3 is 5.32 Å². The van der Waals surface area contributed by atoms with E-state index in [4.69, 9.17) is 11.6 Å². The predicted octanol–water partition coefficient (Wildman–Crippen LogP) is 1.59. The van der Waals surface area contributed by atoms with E-state index in [0.717, 1.165) is 37.5 Å². The average Bonchev–Trinajstić information content (AvgIpc) is 3.11. The number of nitrogens with zero attached hydrogens (tertiary/aromatic N) is 3. The molecular weight excluding hydrogens is 440 g/mol. The third-order valence-electron chi connectivity index (χ3n) is 6.12. The zero-order valence-corrected chi connectivity index (χ0v) is 18.9. The Hall–Kier alpha value is -1.97. The number of amides is 2. The molecule has 1 atom stereocenters. The minimum atomic E-state index is -3.13. The lowest BCUT2D eigenvalue weighted by Gasteiger charge is -2.33. The Morgan fingerprint density at radius 1 is 1.13 bits per heavy atom. The van der Waals surface area contributed by atoms with Crippen LogP contribution in [-0.2, 0) is 26.0 Å². The van der Waals surface area contributed by atoms with Crippen molar-refractivity contribution in [3.8, 4) is 0 Å². The van der Waals surface area contributed by atoms with Crippen molar-refractivity contribution in [3.05, 3.63) is 34.9 Å². The van der Waals surface area contributed by atoms with Crippen LogP contribution >= 0.6 is 11.6 Å². The fourth-order valence-electron chi connectivity index (χ4n) is 4.34. The molecule has 1 aromatic carbocycles. The fourth-order valence-corrected chi connectivity index (χ4v) is 6.16. The number of nitrogens with one attached hydrogen (secondary N) is 1. The highest BCUT2D eigenvalue weighted by molar-refractivity contribution is 7.91. The van der Waals surface area contributed by atoms with Crippen molar-refractivity contribution in [2.24, 2.45) is 5.10 Å². The lowest BCUT2D eigenvalue weighted by molar-refractivity contribution is -0.133. The summed E-state index contributed by atoms with van der Waals surface area (Å²) >= 11 is 5.94. The van der Waals surface area contributed by atoms with Gasteiger partial charge in [0.25, 0.3) is 5.91 Å². The number of piperidine rings is 1. The first-order valence-corrected chi connectivity index (χ1v) is 12.9. The summed E-state index contributed by atoms with van der Waals surface area (Å²) in [5.74, 6) is -0.486. The molecular formula is C21H27ClN4O4S. The van der Waals surface area contributed by atoms with E-state index in [1.807, 2.05) is 24.3 Å². The highest BCUT2D eigenvalue weighted by Gasteiger charge is 2.37. The molecule has 0 aromatic heterocycles. The molecule has 0 saturated carbocycles. The van der Waals surface area contributed by atoms with E-state index in [1.54, 1.807) is 0 Å². The Kier molecular flexibility index (Phi) is 6.64. The number of hydrogen-bond donors (Lipinski definition) is 1. The zero-order chi connectivity index (χ0) is 22.0. The molecule has 10 heteroatoms. The second-order valence-electron chi connectivity index (χ2n) is 8.49. The molecule has 0 radical (unpaired) electrons. The molecule has 0 unspecified atom stereocenters. The lowest BCUT2D eigenvalue weighted by atomic mass is 10.0. The minimum Gasteiger partial charge on any atom is -0.348 e. The van der Waals surface area contributed by atoms with Crippen molar-refractivity contribution in [2.75, 3.05) is 24.6 Å². The first kappa shape index (κ1) is 22.2. The summed E-state index contributed by atoms with van der Waals surface area (Å²) in [5, 5.41) is 9.27. The molecule has 2 amide bonds. The van der Waals surface area contributed by atoms with Crippen molar-refractivity contribution in [3.63, 3.8) is 0 Å². The number of carbonyl (C=O) groups is 2. The first-order valence-electron chi connectivity index (χ1n) is 10.7. The Morgan fingerprint density at radius 3 is 2.48 bits per heavy atom. The van der Waals surface area contributed by atoms with Gasteiger partial charge in [-0.05, 0) is 37.0 Å². The molecule has 3 aliphatic rings. The molecule has 1 aromatic rings. The molecule has 0 bridgehead atoms. The van der Waals surface area contributed by atoms with Gasteiger partial charge in [-0.1, -0.05) is 23.7 Å². The van der Waals surface area contributed by atoms with Gasteiger partial charge in [-0.2, -0.15) is 5.10 Å². The van der Waals surface area contributed by atoms with E-state index in [2.05, 4.69) is 15.3 Å². The van der Waals surface area contributed by atoms with Crippen LogP contribution in [0.25, 0.3) is 0 Å². The predicted molar refractivity (Wildman–Crippen MR) is 118 cm³/mol. The second kappa shape index (κ2) is 9.26. The number of benzene rings is 1. The van der Waals surface area contributed by atoms with Crippen LogP contribution in [0.1, 0.15) is 37.7 Å². The van der Waals surface area contributed by atoms with E-state index in [9.17, 15) is 18.0 Å². The van der Waals surface area contributed by atoms with Gasteiger partial charge in [0.05, 0.1) is 17.5 Å². The SMILES string of the molecule is O=C(NC1CCN(Cc2ccc(Cl)cc2)CC1)C1=NN([C@H]2CCS(=O)(=O)C2)C(=O)CC1. The lowest BCUT2D eigenvalue weighted by Crippen LogP contribution is -2.48. The van der Waals surface area contributed by atoms with Crippen molar-refractivity contribution in [1.82, 2.24) is 15.2 Å². The fraction of sp³-hybridized carbons (Fsp3) is 0.571. The number of rotatable bonds is 5. The van der Waals surface area contributed by atoms with Crippen LogP contribution in [0.5, 0.6) is 0 Å². The van der Waals surface area contributed by atoms with Crippen LogP contribution in [0.4, 0.5) is 0 Å². The van der Waals surface area contributed by atoms with Gasteiger partial charge >= 0.3 is 0 Å². The molecule has 4 rings (SSSR count). The summed E-state index contributed by atoms with van der Waals surface area (Å²) in [7, 11) is -3.13. The number of carbonyl (C=O) groups excluding carboxylic acids is 2. The van der Waals surface area contributed by atoms with Gasteiger partial charge in [0, 0.05) is 43.5 Å². The Morgan fingerprint density at radius 2 is 1.84 bits per heavy atom. The summed E-state index contributed by atoms with van der Waals surface area (Å²) < 4.78 is 23.5. The molecule has 2 fully saturated rings. The summed E-state index contributed by atoms with van der Waals surface area (Å²) in [6.07, 6.45) is 2.53. The molecule has 0 spiro atoms. The van der Waals surface area contributed by atoms with Gasteiger partial charge in [-0.15, -0.1) is 0 Å². The molecule has 168 valence electrons. The van der Waals surface area contributed by atoms with E-state index >= 15 is 0 Å². The molecule has 3 aliphatic heterocycles. The largest absolute Gasteiger partial charge is 0.348 e. The molecule has 0 aliphatic carbocycles. The highest BCUT2D eigenvalue weighted by atomic mass is 35.5. The van der Waals surface area contributed by atoms with Crippen LogP contribution in [0.2, 0.25) is 5.02 Å². The van der Waals surface area contributed by atoms with Gasteiger partial charge in [0.2, 0.25) is 5.91 Å². The van der Waals surface area contributed by atoms with Crippen LogP contribution in [0.3, 0.4) is 0 Å². The molecule has 1 N–H and O–H groups in total. The number of sulfone groups is 1. The topological polar surface area (TPSA) is 99.2 Å². The van der Waals surface area contributed by atoms with Crippen LogP contribution in [0.15, 0.2) is 29.4 Å². The Labute approximate surface area is 187 Å².